The molecule has 2 amide bonds. The van der Waals surface area contributed by atoms with E-state index in [1.165, 1.54) is 0 Å². The van der Waals surface area contributed by atoms with E-state index < -0.39 is 0 Å². The first-order chi connectivity index (χ1) is 14.6. The molecule has 7 heteroatoms. The van der Waals surface area contributed by atoms with E-state index in [4.69, 9.17) is 0 Å². The van der Waals surface area contributed by atoms with E-state index in [0.717, 1.165) is 47.5 Å². The third-order valence-corrected chi connectivity index (χ3v) is 6.24. The molecule has 0 spiro atoms. The second-order valence-corrected chi connectivity index (χ2v) is 8.31. The number of aromatic nitrogens is 3. The fourth-order valence-corrected chi connectivity index (χ4v) is 4.74. The largest absolute Gasteiger partial charge is 0.342 e. The van der Waals surface area contributed by atoms with Crippen LogP contribution in [-0.2, 0) is 9.59 Å². The van der Waals surface area contributed by atoms with Gasteiger partial charge in [-0.2, -0.15) is 5.10 Å². The van der Waals surface area contributed by atoms with Crippen LogP contribution in [0, 0.1) is 12.8 Å². The van der Waals surface area contributed by atoms with E-state index in [0.29, 0.717) is 13.1 Å². The lowest BCUT2D eigenvalue weighted by Crippen LogP contribution is -2.43. The number of likely N-dealkylation sites (tertiary alicyclic amines) is 1. The lowest BCUT2D eigenvalue weighted by Gasteiger charge is -2.33. The number of hydrogen-bond acceptors (Lipinski definition) is 4. The molecule has 2 unspecified atom stereocenters. The summed E-state index contributed by atoms with van der Waals surface area (Å²) in [7, 11) is 0. The SMILES string of the molecule is Cc1nc(C2CCCN(C(=O)C3CC(=O)N(c4cccc5ccccc45)C3)C2)n[nH]1. The Bertz CT molecular complexity index is 1100. The molecule has 3 aromatic rings. The van der Waals surface area contributed by atoms with Crippen LogP contribution in [0.1, 0.15) is 36.8 Å². The fraction of sp³-hybridized carbons (Fsp3) is 0.391. The van der Waals surface area contributed by atoms with Crippen molar-refractivity contribution >= 4 is 28.3 Å². The number of aromatic amines is 1. The summed E-state index contributed by atoms with van der Waals surface area (Å²) < 4.78 is 0. The van der Waals surface area contributed by atoms with Crippen LogP contribution in [0.25, 0.3) is 10.8 Å². The summed E-state index contributed by atoms with van der Waals surface area (Å²) in [6, 6.07) is 14.0. The third kappa shape index (κ3) is 3.34. The molecule has 2 aromatic carbocycles. The number of carbonyl (C=O) groups is 2. The van der Waals surface area contributed by atoms with Crippen LogP contribution in [-0.4, -0.2) is 51.5 Å². The highest BCUT2D eigenvalue weighted by Crippen LogP contribution is 2.33. The maximum Gasteiger partial charge on any atom is 0.228 e. The highest BCUT2D eigenvalue weighted by molar-refractivity contribution is 6.07. The van der Waals surface area contributed by atoms with Gasteiger partial charge in [0.1, 0.15) is 5.82 Å². The summed E-state index contributed by atoms with van der Waals surface area (Å²) in [6.45, 7) is 3.67. The average Bonchev–Trinajstić information content (AvgIpc) is 3.38. The molecule has 5 rings (SSSR count). The third-order valence-electron chi connectivity index (χ3n) is 6.24. The second-order valence-electron chi connectivity index (χ2n) is 8.31. The molecule has 0 radical (unpaired) electrons. The van der Waals surface area contributed by atoms with Crippen molar-refractivity contribution in [3.8, 4) is 0 Å². The zero-order valence-corrected chi connectivity index (χ0v) is 17.0. The normalized spacial score (nSPS) is 22.1. The van der Waals surface area contributed by atoms with Crippen molar-refractivity contribution in [1.29, 1.82) is 0 Å². The number of nitrogens with zero attached hydrogens (tertiary/aromatic N) is 4. The van der Waals surface area contributed by atoms with Crippen molar-refractivity contribution in [3.63, 3.8) is 0 Å². The molecule has 154 valence electrons. The molecule has 30 heavy (non-hydrogen) atoms. The summed E-state index contributed by atoms with van der Waals surface area (Å²) in [6.07, 6.45) is 2.17. The molecule has 2 atom stereocenters. The van der Waals surface area contributed by atoms with Gasteiger partial charge in [0.05, 0.1) is 11.6 Å². The summed E-state index contributed by atoms with van der Waals surface area (Å²) in [5, 5.41) is 9.32. The second kappa shape index (κ2) is 7.55. The Morgan fingerprint density at radius 1 is 1.13 bits per heavy atom. The lowest BCUT2D eigenvalue weighted by atomic mass is 9.95. The Kier molecular flexibility index (Phi) is 4.73. The molecule has 0 aliphatic carbocycles. The minimum atomic E-state index is -0.302. The number of rotatable bonds is 3. The van der Waals surface area contributed by atoms with Gasteiger partial charge < -0.3 is 9.80 Å². The van der Waals surface area contributed by atoms with Crippen LogP contribution in [0.3, 0.4) is 0 Å². The Morgan fingerprint density at radius 3 is 2.80 bits per heavy atom. The number of piperidine rings is 1. The van der Waals surface area contributed by atoms with Gasteiger partial charge in [-0.25, -0.2) is 4.98 Å². The van der Waals surface area contributed by atoms with Crippen LogP contribution in [0.4, 0.5) is 5.69 Å². The molecule has 1 aromatic heterocycles. The molecule has 3 heterocycles. The number of hydrogen-bond donors (Lipinski definition) is 1. The predicted molar refractivity (Wildman–Crippen MR) is 114 cm³/mol. The van der Waals surface area contributed by atoms with Gasteiger partial charge in [-0.3, -0.25) is 14.7 Å². The highest BCUT2D eigenvalue weighted by Gasteiger charge is 2.39. The molecule has 2 aliphatic rings. The van der Waals surface area contributed by atoms with Gasteiger partial charge in [-0.15, -0.1) is 0 Å². The summed E-state index contributed by atoms with van der Waals surface area (Å²) in [5.41, 5.74) is 0.890. The molecular formula is C23H25N5O2. The first-order valence-electron chi connectivity index (χ1n) is 10.6. The molecule has 0 bridgehead atoms. The topological polar surface area (TPSA) is 82.2 Å². The fourth-order valence-electron chi connectivity index (χ4n) is 4.74. The molecular weight excluding hydrogens is 378 g/mol. The zero-order valence-electron chi connectivity index (χ0n) is 17.0. The van der Waals surface area contributed by atoms with E-state index in [1.54, 1.807) is 4.90 Å². The number of carbonyl (C=O) groups excluding carboxylic acids is 2. The van der Waals surface area contributed by atoms with Crippen molar-refractivity contribution in [1.82, 2.24) is 20.1 Å². The number of amides is 2. The van der Waals surface area contributed by atoms with Gasteiger partial charge in [-0.05, 0) is 31.2 Å². The maximum atomic E-state index is 13.3. The van der Waals surface area contributed by atoms with Crippen LogP contribution < -0.4 is 4.90 Å². The summed E-state index contributed by atoms with van der Waals surface area (Å²) in [4.78, 5) is 34.2. The standard InChI is InChI=1S/C23H25N5O2/c1-15-24-22(26-25-15)17-8-5-11-27(13-17)23(30)18-12-21(29)28(14-18)20-10-4-7-16-6-2-3-9-19(16)20/h2-4,6-7,9-10,17-18H,5,8,11-14H2,1H3,(H,24,25,26). The van der Waals surface area contributed by atoms with Crippen molar-refractivity contribution in [2.24, 2.45) is 5.92 Å². The van der Waals surface area contributed by atoms with Gasteiger partial charge in [0, 0.05) is 37.4 Å². The monoisotopic (exact) mass is 403 g/mol. The van der Waals surface area contributed by atoms with E-state index in [2.05, 4.69) is 15.2 Å². The quantitative estimate of drug-likeness (QED) is 0.729. The van der Waals surface area contributed by atoms with Crippen molar-refractivity contribution < 1.29 is 9.59 Å². The summed E-state index contributed by atoms with van der Waals surface area (Å²) >= 11 is 0. The van der Waals surface area contributed by atoms with Crippen LogP contribution in [0.15, 0.2) is 42.5 Å². The van der Waals surface area contributed by atoms with Crippen molar-refractivity contribution in [3.05, 3.63) is 54.1 Å². The molecule has 7 nitrogen and oxygen atoms in total. The zero-order chi connectivity index (χ0) is 20.7. The Labute approximate surface area is 175 Å². The lowest BCUT2D eigenvalue weighted by molar-refractivity contribution is -0.137. The number of fused-ring (bicyclic) bond motifs is 1. The average molecular weight is 403 g/mol. The van der Waals surface area contributed by atoms with Crippen LogP contribution in [0.2, 0.25) is 0 Å². The molecule has 2 saturated heterocycles. The maximum absolute atomic E-state index is 13.3. The number of aryl methyl sites for hydroxylation is 1. The van der Waals surface area contributed by atoms with E-state index in [1.807, 2.05) is 54.3 Å². The van der Waals surface area contributed by atoms with Gasteiger partial charge in [0.15, 0.2) is 5.82 Å². The first kappa shape index (κ1) is 18.8. The highest BCUT2D eigenvalue weighted by atomic mass is 16.2. The summed E-state index contributed by atoms with van der Waals surface area (Å²) in [5.74, 6) is 1.51. The first-order valence-corrected chi connectivity index (χ1v) is 10.6. The van der Waals surface area contributed by atoms with Gasteiger partial charge >= 0.3 is 0 Å². The predicted octanol–water partition coefficient (Wildman–Crippen LogP) is 3.03. The number of nitrogens with one attached hydrogen (secondary N) is 1. The van der Waals surface area contributed by atoms with Gasteiger partial charge in [0.2, 0.25) is 11.8 Å². The molecule has 2 aliphatic heterocycles. The minimum absolute atomic E-state index is 0.0165. The van der Waals surface area contributed by atoms with Gasteiger partial charge in [0.25, 0.3) is 0 Å². The number of benzene rings is 2. The Hall–Kier alpha value is -3.22. The molecule has 2 fully saturated rings. The number of H-pyrrole nitrogens is 1. The van der Waals surface area contributed by atoms with E-state index in [-0.39, 0.29) is 30.1 Å². The van der Waals surface area contributed by atoms with Crippen LogP contribution in [0.5, 0.6) is 0 Å². The number of anilines is 1. The molecule has 0 saturated carbocycles. The minimum Gasteiger partial charge on any atom is -0.342 e. The Balaban J connectivity index is 1.33. The van der Waals surface area contributed by atoms with E-state index >= 15 is 0 Å². The van der Waals surface area contributed by atoms with E-state index in [9.17, 15) is 9.59 Å². The molecule has 1 N–H and O–H groups in total. The van der Waals surface area contributed by atoms with Gasteiger partial charge in [-0.1, -0.05) is 36.4 Å². The smallest absolute Gasteiger partial charge is 0.228 e. The van der Waals surface area contributed by atoms with Crippen molar-refractivity contribution in [2.45, 2.75) is 32.1 Å². The van der Waals surface area contributed by atoms with Crippen molar-refractivity contribution in [2.75, 3.05) is 24.5 Å². The Morgan fingerprint density at radius 2 is 1.97 bits per heavy atom. The van der Waals surface area contributed by atoms with Crippen LogP contribution >= 0.6 is 0 Å².